The Morgan fingerprint density at radius 1 is 1.39 bits per heavy atom. The van der Waals surface area contributed by atoms with Crippen molar-refractivity contribution in [1.29, 1.82) is 0 Å². The van der Waals surface area contributed by atoms with E-state index in [1.54, 1.807) is 4.52 Å². The Kier molecular flexibility index (Phi) is 3.07. The van der Waals surface area contributed by atoms with Gasteiger partial charge in [0.1, 0.15) is 17.3 Å². The summed E-state index contributed by atoms with van der Waals surface area (Å²) in [5.41, 5.74) is 0. The molecule has 0 aliphatic carbocycles. The highest BCUT2D eigenvalue weighted by molar-refractivity contribution is 6.29. The Balaban J connectivity index is 1.92. The molecule has 5 nitrogen and oxygen atoms in total. The third-order valence-electron chi connectivity index (χ3n) is 3.72. The number of anilines is 1. The summed E-state index contributed by atoms with van der Waals surface area (Å²) in [6.45, 7) is 4.36. The van der Waals surface area contributed by atoms with Gasteiger partial charge in [0, 0.05) is 19.2 Å². The largest absolute Gasteiger partial charge is 0.356 e. The Labute approximate surface area is 111 Å². The molecule has 1 aliphatic rings. The molecule has 1 saturated heterocycles. The molecule has 2 aromatic heterocycles. The summed E-state index contributed by atoms with van der Waals surface area (Å²) in [7, 11) is 0. The van der Waals surface area contributed by atoms with Crippen LogP contribution in [0, 0.1) is 5.92 Å². The van der Waals surface area contributed by atoms with Crippen molar-refractivity contribution in [1.82, 2.24) is 19.6 Å². The molecule has 6 heteroatoms. The first kappa shape index (κ1) is 11.7. The van der Waals surface area contributed by atoms with Crippen molar-refractivity contribution in [3.05, 3.63) is 17.5 Å². The standard InChI is InChI=1S/C12H16ClN5/c1-2-9-3-5-17(6-4-9)11-7-10(13)16-12-14-8-15-18(11)12/h7-9H,2-6H2,1H3. The van der Waals surface area contributed by atoms with Gasteiger partial charge in [-0.1, -0.05) is 24.9 Å². The molecule has 0 unspecified atom stereocenters. The number of fused-ring (bicyclic) bond motifs is 1. The van der Waals surface area contributed by atoms with Crippen LogP contribution in [0.5, 0.6) is 0 Å². The molecular formula is C12H16ClN5. The zero-order valence-electron chi connectivity index (χ0n) is 10.4. The van der Waals surface area contributed by atoms with Crippen LogP contribution < -0.4 is 4.90 Å². The lowest BCUT2D eigenvalue weighted by molar-refractivity contribution is 0.392. The normalized spacial score (nSPS) is 17.6. The predicted molar refractivity (Wildman–Crippen MR) is 71.0 cm³/mol. The minimum atomic E-state index is 0.475. The monoisotopic (exact) mass is 265 g/mol. The second-order valence-corrected chi connectivity index (χ2v) is 5.13. The van der Waals surface area contributed by atoms with Crippen molar-refractivity contribution >= 4 is 23.2 Å². The van der Waals surface area contributed by atoms with Crippen molar-refractivity contribution in [2.45, 2.75) is 26.2 Å². The van der Waals surface area contributed by atoms with E-state index >= 15 is 0 Å². The first-order valence-corrected chi connectivity index (χ1v) is 6.77. The van der Waals surface area contributed by atoms with Crippen LogP contribution in [0.4, 0.5) is 5.82 Å². The third kappa shape index (κ3) is 2.03. The van der Waals surface area contributed by atoms with Crippen molar-refractivity contribution in [2.24, 2.45) is 5.92 Å². The second-order valence-electron chi connectivity index (χ2n) is 4.75. The van der Waals surface area contributed by atoms with Gasteiger partial charge >= 0.3 is 0 Å². The van der Waals surface area contributed by atoms with Crippen LogP contribution in [0.2, 0.25) is 5.15 Å². The predicted octanol–water partition coefficient (Wildman–Crippen LogP) is 2.40. The topological polar surface area (TPSA) is 46.3 Å². The number of aromatic nitrogens is 4. The van der Waals surface area contributed by atoms with E-state index in [0.29, 0.717) is 10.9 Å². The van der Waals surface area contributed by atoms with Crippen LogP contribution in [0.1, 0.15) is 26.2 Å². The highest BCUT2D eigenvalue weighted by Gasteiger charge is 2.20. The molecule has 0 amide bonds. The fraction of sp³-hybridized carbons (Fsp3) is 0.583. The van der Waals surface area contributed by atoms with E-state index in [4.69, 9.17) is 11.6 Å². The molecule has 1 fully saturated rings. The minimum Gasteiger partial charge on any atom is -0.356 e. The summed E-state index contributed by atoms with van der Waals surface area (Å²) in [6.07, 6.45) is 5.24. The number of nitrogens with zero attached hydrogens (tertiary/aromatic N) is 5. The van der Waals surface area contributed by atoms with Crippen LogP contribution >= 0.6 is 11.6 Å². The third-order valence-corrected chi connectivity index (χ3v) is 3.91. The molecule has 18 heavy (non-hydrogen) atoms. The van der Waals surface area contributed by atoms with E-state index in [0.717, 1.165) is 24.8 Å². The van der Waals surface area contributed by atoms with Gasteiger partial charge in [-0.3, -0.25) is 0 Å². The molecule has 0 N–H and O–H groups in total. The molecule has 0 radical (unpaired) electrons. The maximum Gasteiger partial charge on any atom is 0.255 e. The maximum absolute atomic E-state index is 6.04. The van der Waals surface area contributed by atoms with Gasteiger partial charge in [0.05, 0.1) is 0 Å². The van der Waals surface area contributed by atoms with Crippen molar-refractivity contribution in [3.8, 4) is 0 Å². The summed E-state index contributed by atoms with van der Waals surface area (Å²) in [4.78, 5) is 10.6. The van der Waals surface area contributed by atoms with Gasteiger partial charge in [0.15, 0.2) is 0 Å². The van der Waals surface area contributed by atoms with Gasteiger partial charge in [-0.05, 0) is 18.8 Å². The van der Waals surface area contributed by atoms with E-state index in [1.165, 1.54) is 25.6 Å². The minimum absolute atomic E-state index is 0.475. The van der Waals surface area contributed by atoms with Gasteiger partial charge in [-0.15, -0.1) is 0 Å². The summed E-state index contributed by atoms with van der Waals surface area (Å²) in [6, 6.07) is 1.87. The van der Waals surface area contributed by atoms with Crippen molar-refractivity contribution in [3.63, 3.8) is 0 Å². The SMILES string of the molecule is CCC1CCN(c2cc(Cl)nc3ncnn23)CC1. The molecule has 0 aromatic carbocycles. The second kappa shape index (κ2) is 4.72. The zero-order valence-corrected chi connectivity index (χ0v) is 11.1. The van der Waals surface area contributed by atoms with Crippen LogP contribution in [0.3, 0.4) is 0 Å². The number of rotatable bonds is 2. The molecule has 2 aromatic rings. The Hall–Kier alpha value is -1.36. The molecular weight excluding hydrogens is 250 g/mol. The lowest BCUT2D eigenvalue weighted by Gasteiger charge is -2.32. The molecule has 0 saturated carbocycles. The van der Waals surface area contributed by atoms with Gasteiger partial charge in [-0.2, -0.15) is 19.6 Å². The number of hydrogen-bond donors (Lipinski definition) is 0. The fourth-order valence-corrected chi connectivity index (χ4v) is 2.74. The summed E-state index contributed by atoms with van der Waals surface area (Å²) >= 11 is 6.04. The van der Waals surface area contributed by atoms with Gasteiger partial charge in [0.25, 0.3) is 5.78 Å². The highest BCUT2D eigenvalue weighted by Crippen LogP contribution is 2.26. The summed E-state index contributed by atoms with van der Waals surface area (Å²) in [5.74, 6) is 2.41. The van der Waals surface area contributed by atoms with Crippen LogP contribution in [-0.2, 0) is 0 Å². The summed E-state index contributed by atoms with van der Waals surface area (Å²) in [5, 5.41) is 4.69. The average Bonchev–Trinajstić information content (AvgIpc) is 2.86. The number of piperidine rings is 1. The average molecular weight is 266 g/mol. The molecule has 96 valence electrons. The van der Waals surface area contributed by atoms with Gasteiger partial charge < -0.3 is 4.90 Å². The van der Waals surface area contributed by atoms with Crippen LogP contribution in [0.25, 0.3) is 5.78 Å². The molecule has 1 aliphatic heterocycles. The molecule has 0 spiro atoms. The van der Waals surface area contributed by atoms with Gasteiger partial charge in [-0.25, -0.2) is 0 Å². The quantitative estimate of drug-likeness (QED) is 0.783. The van der Waals surface area contributed by atoms with Crippen LogP contribution in [0.15, 0.2) is 12.4 Å². The first-order valence-electron chi connectivity index (χ1n) is 6.39. The van der Waals surface area contributed by atoms with E-state index in [1.807, 2.05) is 6.07 Å². The van der Waals surface area contributed by atoms with E-state index in [9.17, 15) is 0 Å². The smallest absolute Gasteiger partial charge is 0.255 e. The Morgan fingerprint density at radius 3 is 2.89 bits per heavy atom. The lowest BCUT2D eigenvalue weighted by atomic mass is 9.94. The zero-order chi connectivity index (χ0) is 12.5. The molecule has 0 atom stereocenters. The first-order chi connectivity index (χ1) is 8.78. The Morgan fingerprint density at radius 2 is 2.17 bits per heavy atom. The molecule has 0 bridgehead atoms. The Bertz CT molecular complexity index is 544. The van der Waals surface area contributed by atoms with Crippen LogP contribution in [-0.4, -0.2) is 32.7 Å². The fourth-order valence-electron chi connectivity index (χ4n) is 2.56. The van der Waals surface area contributed by atoms with Crippen molar-refractivity contribution < 1.29 is 0 Å². The number of halogens is 1. The van der Waals surface area contributed by atoms with Crippen molar-refractivity contribution in [2.75, 3.05) is 18.0 Å². The molecule has 3 heterocycles. The van der Waals surface area contributed by atoms with E-state index < -0.39 is 0 Å². The highest BCUT2D eigenvalue weighted by atomic mass is 35.5. The lowest BCUT2D eigenvalue weighted by Crippen LogP contribution is -2.34. The van der Waals surface area contributed by atoms with E-state index in [2.05, 4.69) is 26.9 Å². The maximum atomic E-state index is 6.04. The van der Waals surface area contributed by atoms with E-state index in [-0.39, 0.29) is 0 Å². The molecule has 3 rings (SSSR count). The summed E-state index contributed by atoms with van der Waals surface area (Å²) < 4.78 is 1.76. The van der Waals surface area contributed by atoms with Gasteiger partial charge in [0.2, 0.25) is 0 Å². The number of hydrogen-bond acceptors (Lipinski definition) is 4.